The van der Waals surface area contributed by atoms with Crippen molar-refractivity contribution in [3.63, 3.8) is 0 Å². The van der Waals surface area contributed by atoms with E-state index in [1.54, 1.807) is 42.6 Å². The molecule has 0 amide bonds. The number of benzene rings is 3. The number of anilines is 6. The third-order valence-electron chi connectivity index (χ3n) is 12.2. The van der Waals surface area contributed by atoms with Gasteiger partial charge in [-0.25, -0.2) is 8.78 Å². The van der Waals surface area contributed by atoms with Crippen LogP contribution in [0.5, 0.6) is 11.5 Å². The number of nitrogen functional groups attached to an aromatic ring is 2. The van der Waals surface area contributed by atoms with Gasteiger partial charge in [0.25, 0.3) is 0 Å². The molecule has 58 heavy (non-hydrogen) atoms. The second-order valence-electron chi connectivity index (χ2n) is 15.7. The molecule has 10 rings (SSSR count). The number of rotatable bonds is 7. The van der Waals surface area contributed by atoms with Gasteiger partial charge in [-0.1, -0.05) is 18.2 Å². The maximum absolute atomic E-state index is 16.2. The summed E-state index contributed by atoms with van der Waals surface area (Å²) in [5.41, 5.74) is 18.0. The lowest BCUT2D eigenvalue weighted by molar-refractivity contribution is 0.476. The molecule has 15 heteroatoms. The van der Waals surface area contributed by atoms with Crippen LogP contribution in [0.3, 0.4) is 0 Å². The fourth-order valence-electron chi connectivity index (χ4n) is 9.57. The van der Waals surface area contributed by atoms with Crippen molar-refractivity contribution in [2.75, 3.05) is 63.8 Å². The van der Waals surface area contributed by atoms with Gasteiger partial charge in [0.05, 0.1) is 34.6 Å². The van der Waals surface area contributed by atoms with Gasteiger partial charge in [0, 0.05) is 79.3 Å². The molecule has 0 radical (unpaired) electrons. The van der Waals surface area contributed by atoms with Gasteiger partial charge >= 0.3 is 0 Å². The number of aromatic hydroxyl groups is 2. The van der Waals surface area contributed by atoms with Crippen LogP contribution in [0.15, 0.2) is 91.1 Å². The lowest BCUT2D eigenvalue weighted by Crippen LogP contribution is -2.54. The van der Waals surface area contributed by atoms with E-state index in [2.05, 4.69) is 45.0 Å². The predicted octanol–water partition coefficient (Wildman–Crippen LogP) is 6.09. The molecule has 3 aromatic heterocycles. The smallest absolute Gasteiger partial charge is 0.169 e. The van der Waals surface area contributed by atoms with Crippen LogP contribution in [-0.4, -0.2) is 86.4 Å². The molecule has 7 heterocycles. The van der Waals surface area contributed by atoms with E-state index in [-0.39, 0.29) is 52.5 Å². The van der Waals surface area contributed by atoms with Crippen LogP contribution in [0.1, 0.15) is 19.3 Å². The molecule has 4 saturated heterocycles. The summed E-state index contributed by atoms with van der Waals surface area (Å²) in [5, 5.41) is 39.1. The first-order valence-corrected chi connectivity index (χ1v) is 19.5. The Balaban J connectivity index is 0.877. The third kappa shape index (κ3) is 6.17. The van der Waals surface area contributed by atoms with Crippen LogP contribution in [-0.2, 0) is 0 Å². The minimum Gasteiger partial charge on any atom is -0.507 e. The Bertz CT molecular complexity index is 2530. The standard InChI is InChI=1S/C43H41F2N11O2/c44-25-8-10-26(11-9-25)56-27-12-13-28(56)22-54(21-27)38-17-36(50-52-43(38)47)32-5-3-6-33(41(32)58)40-34(45)15-29(18-48-40)55-20-24-14-30(55)23-53(19-24)37-16-35(49-51-42(37)46)31-4-1-2-7-39(31)57/h1-11,15-18,24,27-28,30,57-58H,12-14,19-23H2,(H2,46,51)(H2,47,52). The average Bonchev–Trinajstić information content (AvgIpc) is 3.67. The molecule has 0 saturated carbocycles. The zero-order chi connectivity index (χ0) is 39.7. The molecule has 6 N–H and O–H groups in total. The topological polar surface area (TPSA) is 170 Å². The largest absolute Gasteiger partial charge is 0.507 e. The number of nitrogens with two attached hydrogens (primary N) is 2. The Hall–Kier alpha value is -6.77. The molecule has 0 spiro atoms. The highest BCUT2D eigenvalue weighted by molar-refractivity contribution is 5.82. The number of hydrogen-bond acceptors (Lipinski definition) is 13. The van der Waals surface area contributed by atoms with Gasteiger partial charge in [0.2, 0.25) is 0 Å². The molecule has 0 aliphatic carbocycles. The Labute approximate surface area is 333 Å². The molecule has 4 aliphatic rings. The number of phenolic OH excluding ortho intramolecular Hbond substituents is 2. The number of pyridine rings is 1. The van der Waals surface area contributed by atoms with E-state index in [9.17, 15) is 14.6 Å². The summed E-state index contributed by atoms with van der Waals surface area (Å²) in [6.07, 6.45) is 4.60. The van der Waals surface area contributed by atoms with Gasteiger partial charge in [-0.05, 0) is 85.8 Å². The fourth-order valence-corrected chi connectivity index (χ4v) is 9.57. The molecular weight excluding hydrogens is 741 g/mol. The highest BCUT2D eigenvalue weighted by Crippen LogP contribution is 2.43. The Morgan fingerprint density at radius 3 is 1.93 bits per heavy atom. The van der Waals surface area contributed by atoms with Crippen LogP contribution in [0.25, 0.3) is 33.8 Å². The SMILES string of the molecule is Nc1nnc(-c2ccccc2O)cc1N1CC2CC(C1)N(c1cnc(-c3cccc(-c4cc(N5CC6CCC(C5)N6c5ccc(F)cc5)c(N)nn4)c3O)c(F)c1)C2. The van der Waals surface area contributed by atoms with E-state index in [0.29, 0.717) is 71.8 Å². The summed E-state index contributed by atoms with van der Waals surface area (Å²) < 4.78 is 29.8. The quantitative estimate of drug-likeness (QED) is 0.147. The number of piperazine rings is 1. The molecule has 294 valence electrons. The van der Waals surface area contributed by atoms with E-state index in [1.165, 1.54) is 18.2 Å². The number of para-hydroxylation sites is 2. The highest BCUT2D eigenvalue weighted by atomic mass is 19.1. The molecule has 4 aliphatic heterocycles. The van der Waals surface area contributed by atoms with Crippen molar-refractivity contribution in [3.8, 4) is 45.3 Å². The van der Waals surface area contributed by atoms with Crippen LogP contribution < -0.4 is 31.1 Å². The first-order valence-electron chi connectivity index (χ1n) is 19.5. The molecular formula is C43H41F2N11O2. The highest BCUT2D eigenvalue weighted by Gasteiger charge is 2.42. The predicted molar refractivity (Wildman–Crippen MR) is 220 cm³/mol. The Morgan fingerprint density at radius 1 is 0.621 bits per heavy atom. The van der Waals surface area contributed by atoms with Crippen molar-refractivity contribution in [1.29, 1.82) is 0 Å². The van der Waals surface area contributed by atoms with Gasteiger partial charge in [0.1, 0.15) is 23.0 Å². The van der Waals surface area contributed by atoms with Crippen molar-refractivity contribution in [1.82, 2.24) is 25.4 Å². The molecule has 6 aromatic rings. The number of hydrogen-bond donors (Lipinski definition) is 4. The maximum atomic E-state index is 16.2. The normalized spacial score (nSPS) is 21.2. The van der Waals surface area contributed by atoms with Gasteiger partial charge in [-0.15, -0.1) is 20.4 Å². The molecule has 4 atom stereocenters. The van der Waals surface area contributed by atoms with E-state index in [0.717, 1.165) is 37.2 Å². The second-order valence-corrected chi connectivity index (χ2v) is 15.7. The summed E-state index contributed by atoms with van der Waals surface area (Å²) in [4.78, 5) is 13.5. The molecule has 4 unspecified atom stereocenters. The van der Waals surface area contributed by atoms with Crippen LogP contribution in [0.4, 0.5) is 43.2 Å². The molecule has 3 aromatic carbocycles. The second kappa shape index (κ2) is 14.0. The van der Waals surface area contributed by atoms with Gasteiger partial charge in [-0.2, -0.15) is 0 Å². The van der Waals surface area contributed by atoms with Crippen molar-refractivity contribution in [3.05, 3.63) is 103 Å². The number of aromatic nitrogens is 5. The summed E-state index contributed by atoms with van der Waals surface area (Å²) in [6.45, 7) is 3.48. The average molecular weight is 782 g/mol. The lowest BCUT2D eigenvalue weighted by atomic mass is 9.99. The van der Waals surface area contributed by atoms with E-state index in [1.807, 2.05) is 30.3 Å². The van der Waals surface area contributed by atoms with Crippen molar-refractivity contribution in [2.45, 2.75) is 37.4 Å². The third-order valence-corrected chi connectivity index (χ3v) is 12.2. The van der Waals surface area contributed by atoms with Crippen molar-refractivity contribution >= 4 is 34.4 Å². The first kappa shape index (κ1) is 35.6. The summed E-state index contributed by atoms with van der Waals surface area (Å²) in [6, 6.07) is 24.4. The van der Waals surface area contributed by atoms with Crippen LogP contribution in [0.2, 0.25) is 0 Å². The molecule has 4 bridgehead atoms. The fraction of sp³-hybridized carbons (Fsp3) is 0.279. The number of nitrogens with zero attached hydrogens (tertiary/aromatic N) is 9. The minimum absolute atomic E-state index is 0.0244. The maximum Gasteiger partial charge on any atom is 0.169 e. The van der Waals surface area contributed by atoms with E-state index < -0.39 is 5.82 Å². The minimum atomic E-state index is -0.559. The van der Waals surface area contributed by atoms with E-state index >= 15 is 4.39 Å². The van der Waals surface area contributed by atoms with Crippen LogP contribution in [0, 0.1) is 17.6 Å². The lowest BCUT2D eigenvalue weighted by Gasteiger charge is -2.43. The van der Waals surface area contributed by atoms with Crippen molar-refractivity contribution < 1.29 is 19.0 Å². The first-order chi connectivity index (χ1) is 28.2. The Morgan fingerprint density at radius 2 is 1.24 bits per heavy atom. The van der Waals surface area contributed by atoms with Crippen molar-refractivity contribution in [2.24, 2.45) is 5.92 Å². The molecule has 13 nitrogen and oxygen atoms in total. The number of piperidine rings is 1. The number of halogens is 2. The zero-order valence-electron chi connectivity index (χ0n) is 31.5. The van der Waals surface area contributed by atoms with Gasteiger partial charge in [0.15, 0.2) is 17.5 Å². The summed E-state index contributed by atoms with van der Waals surface area (Å²) >= 11 is 0. The Kier molecular flexibility index (Phi) is 8.60. The number of fused-ring (bicyclic) bond motifs is 4. The van der Waals surface area contributed by atoms with E-state index in [4.69, 9.17) is 11.5 Å². The number of phenols is 2. The summed E-state index contributed by atoms with van der Waals surface area (Å²) in [7, 11) is 0. The summed E-state index contributed by atoms with van der Waals surface area (Å²) in [5.74, 6) is 0.0188. The van der Waals surface area contributed by atoms with Gasteiger partial charge in [-0.3, -0.25) is 4.98 Å². The van der Waals surface area contributed by atoms with Gasteiger partial charge < -0.3 is 41.3 Å². The monoisotopic (exact) mass is 781 g/mol. The van der Waals surface area contributed by atoms with Crippen LogP contribution >= 0.6 is 0 Å². The molecule has 4 fully saturated rings. The zero-order valence-corrected chi connectivity index (χ0v) is 31.5.